The predicted octanol–water partition coefficient (Wildman–Crippen LogP) is 4.64. The van der Waals surface area contributed by atoms with Crippen LogP contribution >= 0.6 is 11.3 Å². The lowest BCUT2D eigenvalue weighted by Gasteiger charge is -2.43. The minimum atomic E-state index is -1.19. The van der Waals surface area contributed by atoms with Crippen molar-refractivity contribution in [1.29, 1.82) is 0 Å². The number of carbonyl (C=O) groups excluding carboxylic acids is 3. The zero-order valence-electron chi connectivity index (χ0n) is 22.1. The van der Waals surface area contributed by atoms with E-state index < -0.39 is 41.3 Å². The number of thiophene rings is 1. The number of hydrogen-bond acceptors (Lipinski definition) is 9. The van der Waals surface area contributed by atoms with Crippen LogP contribution in [0.5, 0.6) is 5.75 Å². The molecule has 2 aromatic carbocycles. The van der Waals surface area contributed by atoms with Crippen molar-refractivity contribution in [3.8, 4) is 5.75 Å². The van der Waals surface area contributed by atoms with Gasteiger partial charge in [0.15, 0.2) is 5.78 Å². The molecule has 0 saturated carbocycles. The van der Waals surface area contributed by atoms with Crippen molar-refractivity contribution in [1.82, 2.24) is 0 Å². The standard InChI is InChI=1S/C30H27FN2O6S/c1-37-19-11-9-16(10-12-19)20-15-21-24(27(34)23(20)29(35)38-2)25(22-8-5-13-40-22)26(30(36)39-3)28(32)33(21)18-7-4-6-17(31)14-18/h4-14,20,23,25H,15,32H2,1-3H3/t20-,23-,25-/m1/s1. The van der Waals surface area contributed by atoms with Crippen LogP contribution in [-0.2, 0) is 23.9 Å². The number of hydrogen-bond donors (Lipinski definition) is 1. The summed E-state index contributed by atoms with van der Waals surface area (Å²) in [6.45, 7) is 0. The Morgan fingerprint density at radius 2 is 1.77 bits per heavy atom. The molecule has 8 nitrogen and oxygen atoms in total. The van der Waals surface area contributed by atoms with E-state index in [0.29, 0.717) is 27.6 Å². The van der Waals surface area contributed by atoms with Crippen LogP contribution in [0.25, 0.3) is 0 Å². The third-order valence-electron chi connectivity index (χ3n) is 7.34. The summed E-state index contributed by atoms with van der Waals surface area (Å²) in [6.07, 6.45) is 0.181. The molecule has 2 N–H and O–H groups in total. The average molecular weight is 563 g/mol. The SMILES string of the molecule is COC(=O)C1=C(N)N(c2cccc(F)c2)C2=C(C(=O)[C@H](C(=O)OC)[C@@H](c3ccc(OC)cc3)C2)[C@H]1c1cccs1. The zero-order chi connectivity index (χ0) is 28.6. The van der Waals surface area contributed by atoms with E-state index in [1.165, 1.54) is 48.7 Å². The van der Waals surface area contributed by atoms with Crippen molar-refractivity contribution in [2.24, 2.45) is 11.7 Å². The predicted molar refractivity (Wildman–Crippen MR) is 147 cm³/mol. The van der Waals surface area contributed by atoms with Gasteiger partial charge in [0.2, 0.25) is 0 Å². The van der Waals surface area contributed by atoms with E-state index in [1.54, 1.807) is 49.6 Å². The highest BCUT2D eigenvalue weighted by Crippen LogP contribution is 2.52. The van der Waals surface area contributed by atoms with Crippen molar-refractivity contribution in [2.75, 3.05) is 26.2 Å². The molecule has 206 valence electrons. The molecule has 1 aliphatic heterocycles. The van der Waals surface area contributed by atoms with Gasteiger partial charge in [-0.1, -0.05) is 24.3 Å². The van der Waals surface area contributed by atoms with Crippen molar-refractivity contribution in [2.45, 2.75) is 18.3 Å². The number of ether oxygens (including phenoxy) is 3. The van der Waals surface area contributed by atoms with Gasteiger partial charge < -0.3 is 19.9 Å². The highest BCUT2D eigenvalue weighted by Gasteiger charge is 2.51. The molecule has 3 atom stereocenters. The first kappa shape index (κ1) is 27.1. The molecule has 0 amide bonds. The second-order valence-corrected chi connectivity index (χ2v) is 10.3. The number of rotatable bonds is 6. The average Bonchev–Trinajstić information content (AvgIpc) is 3.50. The van der Waals surface area contributed by atoms with Crippen molar-refractivity contribution < 1.29 is 33.0 Å². The van der Waals surface area contributed by atoms with Crippen molar-refractivity contribution in [3.05, 3.63) is 105 Å². The minimum absolute atomic E-state index is 0.0207. The Balaban J connectivity index is 1.79. The number of halogens is 1. The number of allylic oxidation sites excluding steroid dienone is 2. The number of methoxy groups -OCH3 is 3. The van der Waals surface area contributed by atoms with E-state index in [0.717, 1.165) is 0 Å². The van der Waals surface area contributed by atoms with Gasteiger partial charge in [-0.25, -0.2) is 9.18 Å². The van der Waals surface area contributed by atoms with Crippen LogP contribution in [0, 0.1) is 11.7 Å². The fraction of sp³-hybridized carbons (Fsp3) is 0.233. The van der Waals surface area contributed by atoms with Crippen molar-refractivity contribution >= 4 is 34.7 Å². The van der Waals surface area contributed by atoms with Crippen LogP contribution in [0.1, 0.15) is 28.7 Å². The Morgan fingerprint density at radius 3 is 2.38 bits per heavy atom. The van der Waals surface area contributed by atoms with E-state index in [2.05, 4.69) is 0 Å². The second kappa shape index (κ2) is 11.0. The number of anilines is 1. The normalized spacial score (nSPS) is 20.8. The van der Waals surface area contributed by atoms with Crippen LogP contribution in [0.3, 0.4) is 0 Å². The minimum Gasteiger partial charge on any atom is -0.497 e. The molecule has 1 aromatic heterocycles. The van der Waals surface area contributed by atoms with Gasteiger partial charge in [-0.3, -0.25) is 14.5 Å². The van der Waals surface area contributed by atoms with Gasteiger partial charge in [0.25, 0.3) is 0 Å². The molecule has 0 radical (unpaired) electrons. The molecule has 10 heteroatoms. The Labute approximate surface area is 234 Å². The van der Waals surface area contributed by atoms with Gasteiger partial charge in [-0.05, 0) is 53.8 Å². The summed E-state index contributed by atoms with van der Waals surface area (Å²) in [5.74, 6) is -4.51. The van der Waals surface area contributed by atoms with Crippen LogP contribution in [0.2, 0.25) is 0 Å². The molecule has 0 spiro atoms. The van der Waals surface area contributed by atoms with E-state index >= 15 is 0 Å². The third kappa shape index (κ3) is 4.54. The molecule has 5 rings (SSSR count). The van der Waals surface area contributed by atoms with E-state index in [-0.39, 0.29) is 23.4 Å². The molecule has 3 aromatic rings. The molecular weight excluding hydrogens is 535 g/mol. The lowest BCUT2D eigenvalue weighted by Crippen LogP contribution is -2.46. The highest BCUT2D eigenvalue weighted by molar-refractivity contribution is 7.10. The number of nitrogens with two attached hydrogens (primary N) is 1. The van der Waals surface area contributed by atoms with E-state index in [1.807, 2.05) is 5.38 Å². The molecule has 40 heavy (non-hydrogen) atoms. The number of carbonyl (C=O) groups is 3. The maximum atomic E-state index is 14.5. The molecule has 0 bridgehead atoms. The summed E-state index contributed by atoms with van der Waals surface area (Å²) in [5.41, 5.74) is 8.48. The van der Waals surface area contributed by atoms with Gasteiger partial charge >= 0.3 is 11.9 Å². The first-order valence-electron chi connectivity index (χ1n) is 12.5. The summed E-state index contributed by atoms with van der Waals surface area (Å²) in [5, 5.41) is 1.82. The van der Waals surface area contributed by atoms with Crippen LogP contribution in [-0.4, -0.2) is 39.1 Å². The number of ketones is 1. The highest BCUT2D eigenvalue weighted by atomic mass is 32.1. The fourth-order valence-electron chi connectivity index (χ4n) is 5.55. The lowest BCUT2D eigenvalue weighted by atomic mass is 9.68. The summed E-state index contributed by atoms with van der Waals surface area (Å²) < 4.78 is 30.0. The van der Waals surface area contributed by atoms with E-state index in [4.69, 9.17) is 19.9 Å². The van der Waals surface area contributed by atoms with Crippen molar-refractivity contribution in [3.63, 3.8) is 0 Å². The molecule has 1 aliphatic carbocycles. The Hall–Kier alpha value is -4.44. The van der Waals surface area contributed by atoms with Crippen LogP contribution in [0.4, 0.5) is 10.1 Å². The largest absolute Gasteiger partial charge is 0.497 e. The topological polar surface area (TPSA) is 108 Å². The molecule has 0 fully saturated rings. The first-order chi connectivity index (χ1) is 19.3. The van der Waals surface area contributed by atoms with Gasteiger partial charge in [0.05, 0.1) is 38.5 Å². The monoisotopic (exact) mass is 562 g/mol. The molecule has 0 unspecified atom stereocenters. The molecule has 0 saturated heterocycles. The zero-order valence-corrected chi connectivity index (χ0v) is 22.9. The summed E-state index contributed by atoms with van der Waals surface area (Å²) in [7, 11) is 4.01. The number of nitrogens with zero attached hydrogens (tertiary/aromatic N) is 1. The molecule has 2 heterocycles. The Morgan fingerprint density at radius 1 is 1.02 bits per heavy atom. The number of esters is 2. The maximum absolute atomic E-state index is 14.5. The Kier molecular flexibility index (Phi) is 7.44. The molecule has 2 aliphatic rings. The summed E-state index contributed by atoms with van der Waals surface area (Å²) in [4.78, 5) is 43.1. The second-order valence-electron chi connectivity index (χ2n) is 9.36. The van der Waals surface area contributed by atoms with Gasteiger partial charge in [-0.15, -0.1) is 11.3 Å². The smallest absolute Gasteiger partial charge is 0.338 e. The van der Waals surface area contributed by atoms with Crippen LogP contribution < -0.4 is 15.4 Å². The number of benzene rings is 2. The maximum Gasteiger partial charge on any atom is 0.338 e. The number of Topliss-reactive ketones (excluding diaryl/α,β-unsaturated/α-hetero) is 1. The quantitative estimate of drug-likeness (QED) is 0.342. The van der Waals surface area contributed by atoms with Gasteiger partial charge in [-0.2, -0.15) is 0 Å². The summed E-state index contributed by atoms with van der Waals surface area (Å²) >= 11 is 1.34. The lowest BCUT2D eigenvalue weighted by molar-refractivity contribution is -0.150. The van der Waals surface area contributed by atoms with Crippen LogP contribution in [0.15, 0.2) is 88.7 Å². The Bertz CT molecular complexity index is 1530. The van der Waals surface area contributed by atoms with E-state index in [9.17, 15) is 18.8 Å². The van der Waals surface area contributed by atoms with Gasteiger partial charge in [0.1, 0.15) is 23.3 Å². The van der Waals surface area contributed by atoms with Gasteiger partial charge in [0, 0.05) is 22.1 Å². The first-order valence-corrected chi connectivity index (χ1v) is 13.3. The summed E-state index contributed by atoms with van der Waals surface area (Å²) in [6, 6.07) is 16.4. The fourth-order valence-corrected chi connectivity index (χ4v) is 6.39. The third-order valence-corrected chi connectivity index (χ3v) is 8.27. The molecular formula is C30H27FN2O6S.